The molecule has 2 aromatic carbocycles. The van der Waals surface area contributed by atoms with E-state index in [2.05, 4.69) is 21.2 Å². The molecule has 1 amide bonds. The van der Waals surface area contributed by atoms with E-state index in [-0.39, 0.29) is 10.9 Å². The summed E-state index contributed by atoms with van der Waals surface area (Å²) in [7, 11) is 0. The number of anilines is 1. The Hall–Kier alpha value is -0.370. The third-order valence-electron chi connectivity index (χ3n) is 2.42. The van der Waals surface area contributed by atoms with Crippen LogP contribution >= 0.6 is 61.7 Å². The minimum absolute atomic E-state index is 0.113. The van der Waals surface area contributed by atoms with Gasteiger partial charge in [-0.3, -0.25) is 4.79 Å². The monoisotopic (exact) mass is 487 g/mol. The van der Waals surface area contributed by atoms with Crippen LogP contribution in [0.3, 0.4) is 0 Å². The molecule has 1 N–H and O–H groups in total. The highest BCUT2D eigenvalue weighted by Crippen LogP contribution is 2.32. The van der Waals surface area contributed by atoms with Gasteiger partial charge in [-0.2, -0.15) is 0 Å². The van der Waals surface area contributed by atoms with E-state index >= 15 is 0 Å². The lowest BCUT2D eigenvalue weighted by atomic mass is 10.2. The lowest BCUT2D eigenvalue weighted by Crippen LogP contribution is -2.14. The van der Waals surface area contributed by atoms with Crippen molar-refractivity contribution in [3.8, 4) is 0 Å². The normalized spacial score (nSPS) is 10.4. The molecule has 0 spiro atoms. The first kappa shape index (κ1) is 16.0. The van der Waals surface area contributed by atoms with Gasteiger partial charge in [0.25, 0.3) is 5.91 Å². The van der Waals surface area contributed by atoms with Crippen molar-refractivity contribution in [2.24, 2.45) is 0 Å². The Morgan fingerprint density at radius 1 is 1.25 bits per heavy atom. The molecule has 104 valence electrons. The zero-order valence-electron chi connectivity index (χ0n) is 9.68. The topological polar surface area (TPSA) is 29.1 Å². The molecule has 0 fully saturated rings. The molecule has 20 heavy (non-hydrogen) atoms. The molecule has 2 nitrogen and oxygen atoms in total. The molecular formula is C13H6BrCl2FINO. The molecule has 7 heteroatoms. The minimum Gasteiger partial charge on any atom is -0.320 e. The summed E-state index contributed by atoms with van der Waals surface area (Å²) in [6.07, 6.45) is 0. The van der Waals surface area contributed by atoms with Crippen molar-refractivity contribution in [1.82, 2.24) is 0 Å². The maximum atomic E-state index is 13.1. The van der Waals surface area contributed by atoms with Crippen LogP contribution in [-0.4, -0.2) is 5.91 Å². The van der Waals surface area contributed by atoms with Crippen molar-refractivity contribution in [3.63, 3.8) is 0 Å². The zero-order valence-corrected chi connectivity index (χ0v) is 14.9. The maximum Gasteiger partial charge on any atom is 0.256 e. The third-order valence-corrected chi connectivity index (χ3v) is 4.52. The van der Waals surface area contributed by atoms with Crippen LogP contribution in [0.5, 0.6) is 0 Å². The van der Waals surface area contributed by atoms with Gasteiger partial charge >= 0.3 is 0 Å². The highest BCUT2D eigenvalue weighted by Gasteiger charge is 2.15. The summed E-state index contributed by atoms with van der Waals surface area (Å²) < 4.78 is 14.3. The first-order valence-electron chi connectivity index (χ1n) is 5.29. The van der Waals surface area contributed by atoms with Gasteiger partial charge in [0.15, 0.2) is 0 Å². The van der Waals surface area contributed by atoms with Crippen LogP contribution in [0.15, 0.2) is 34.8 Å². The van der Waals surface area contributed by atoms with Crippen molar-refractivity contribution in [3.05, 3.63) is 59.8 Å². The van der Waals surface area contributed by atoms with E-state index in [1.807, 2.05) is 22.6 Å². The second-order valence-corrected chi connectivity index (χ2v) is 6.68. The molecule has 2 aromatic rings. The molecular weight excluding hydrogens is 483 g/mol. The minimum atomic E-state index is -0.489. The summed E-state index contributed by atoms with van der Waals surface area (Å²) in [6.45, 7) is 0. The summed E-state index contributed by atoms with van der Waals surface area (Å²) >= 11 is 17.0. The molecule has 0 aliphatic heterocycles. The van der Waals surface area contributed by atoms with Gasteiger partial charge < -0.3 is 5.32 Å². The van der Waals surface area contributed by atoms with Gasteiger partial charge in [0.2, 0.25) is 0 Å². The predicted molar refractivity (Wildman–Crippen MR) is 91.2 cm³/mol. The van der Waals surface area contributed by atoms with Crippen LogP contribution in [0, 0.1) is 9.39 Å². The number of carbonyl (C=O) groups excluding carboxylic acids is 1. The van der Waals surface area contributed by atoms with Crippen LogP contribution in [-0.2, 0) is 0 Å². The summed E-state index contributed by atoms with van der Waals surface area (Å²) in [5.74, 6) is -0.858. The van der Waals surface area contributed by atoms with E-state index in [0.717, 1.165) is 9.64 Å². The lowest BCUT2D eigenvalue weighted by Gasteiger charge is -2.11. The number of amides is 1. The molecule has 0 unspecified atom stereocenters. The number of benzene rings is 2. The van der Waals surface area contributed by atoms with Crippen LogP contribution in [0.25, 0.3) is 0 Å². The Bertz CT molecular complexity index is 673. The second-order valence-electron chi connectivity index (χ2n) is 3.82. The maximum absolute atomic E-state index is 13.1. The largest absolute Gasteiger partial charge is 0.320 e. The van der Waals surface area contributed by atoms with Crippen LogP contribution < -0.4 is 5.32 Å². The van der Waals surface area contributed by atoms with Gasteiger partial charge in [0.1, 0.15) is 5.82 Å². The SMILES string of the molecule is O=C(Nc1c(Cl)cc(F)cc1Br)c1cc(Cl)ccc1I. The third kappa shape index (κ3) is 3.63. The van der Waals surface area contributed by atoms with Crippen LogP contribution in [0.1, 0.15) is 10.4 Å². The fourth-order valence-electron chi connectivity index (χ4n) is 1.51. The van der Waals surface area contributed by atoms with Crippen molar-refractivity contribution in [2.45, 2.75) is 0 Å². The van der Waals surface area contributed by atoms with E-state index < -0.39 is 5.82 Å². The Balaban J connectivity index is 2.35. The molecule has 0 radical (unpaired) electrons. The zero-order chi connectivity index (χ0) is 14.9. The summed E-state index contributed by atoms with van der Waals surface area (Å²) in [6, 6.07) is 7.35. The van der Waals surface area contributed by atoms with Crippen molar-refractivity contribution in [1.29, 1.82) is 0 Å². The first-order valence-corrected chi connectivity index (χ1v) is 7.92. The van der Waals surface area contributed by atoms with Gasteiger partial charge in [-0.15, -0.1) is 0 Å². The van der Waals surface area contributed by atoms with Crippen LogP contribution in [0.4, 0.5) is 10.1 Å². The number of hydrogen-bond acceptors (Lipinski definition) is 1. The highest BCUT2D eigenvalue weighted by atomic mass is 127. The number of carbonyl (C=O) groups is 1. The Kier molecular flexibility index (Phi) is 5.28. The van der Waals surface area contributed by atoms with E-state index in [0.29, 0.717) is 20.7 Å². The molecule has 0 aliphatic rings. The van der Waals surface area contributed by atoms with Crippen molar-refractivity contribution < 1.29 is 9.18 Å². The van der Waals surface area contributed by atoms with Gasteiger partial charge in [-0.1, -0.05) is 23.2 Å². The molecule has 0 heterocycles. The molecule has 0 saturated heterocycles. The fourth-order valence-corrected chi connectivity index (χ4v) is 3.17. The number of nitrogens with one attached hydrogen (secondary N) is 1. The predicted octanol–water partition coefficient (Wildman–Crippen LogP) is 5.75. The smallest absolute Gasteiger partial charge is 0.256 e. The summed E-state index contributed by atoms with van der Waals surface area (Å²) in [5.41, 5.74) is 0.735. The average Bonchev–Trinajstić information content (AvgIpc) is 2.36. The standard InChI is InChI=1S/C13H6BrCl2FINO/c14-9-4-7(17)5-10(16)12(9)19-13(20)8-3-6(15)1-2-11(8)18/h1-5H,(H,19,20). The Labute approximate surface area is 146 Å². The van der Waals surface area contributed by atoms with Gasteiger partial charge in [-0.05, 0) is 68.9 Å². The van der Waals surface area contributed by atoms with E-state index in [4.69, 9.17) is 23.2 Å². The number of rotatable bonds is 2. The van der Waals surface area contributed by atoms with E-state index in [9.17, 15) is 9.18 Å². The highest BCUT2D eigenvalue weighted by molar-refractivity contribution is 14.1. The fraction of sp³-hybridized carbons (Fsp3) is 0. The number of hydrogen-bond donors (Lipinski definition) is 1. The van der Waals surface area contributed by atoms with Crippen LogP contribution in [0.2, 0.25) is 10.0 Å². The van der Waals surface area contributed by atoms with Gasteiger partial charge in [-0.25, -0.2) is 4.39 Å². The molecule has 0 atom stereocenters. The van der Waals surface area contributed by atoms with E-state index in [1.54, 1.807) is 18.2 Å². The first-order chi connectivity index (χ1) is 9.38. The second kappa shape index (κ2) is 6.60. The van der Waals surface area contributed by atoms with E-state index in [1.165, 1.54) is 6.07 Å². The number of halogens is 5. The summed E-state index contributed by atoms with van der Waals surface area (Å²) in [5, 5.41) is 3.21. The van der Waals surface area contributed by atoms with Gasteiger partial charge in [0, 0.05) is 13.1 Å². The average molecular weight is 489 g/mol. The molecule has 0 aromatic heterocycles. The summed E-state index contributed by atoms with van der Waals surface area (Å²) in [4.78, 5) is 12.2. The quantitative estimate of drug-likeness (QED) is 0.536. The van der Waals surface area contributed by atoms with Crippen molar-refractivity contribution in [2.75, 3.05) is 5.32 Å². The molecule has 0 bridgehead atoms. The van der Waals surface area contributed by atoms with Gasteiger partial charge in [0.05, 0.1) is 16.3 Å². The Morgan fingerprint density at radius 2 is 1.95 bits per heavy atom. The Morgan fingerprint density at radius 3 is 2.60 bits per heavy atom. The lowest BCUT2D eigenvalue weighted by molar-refractivity contribution is 0.102. The molecule has 0 aliphatic carbocycles. The molecule has 0 saturated carbocycles. The van der Waals surface area contributed by atoms with Crippen molar-refractivity contribution >= 4 is 73.3 Å². The molecule has 2 rings (SSSR count).